The summed E-state index contributed by atoms with van der Waals surface area (Å²) in [6.07, 6.45) is 5.47. The summed E-state index contributed by atoms with van der Waals surface area (Å²) in [7, 11) is 0. The molecule has 0 atom stereocenters. The highest BCUT2D eigenvalue weighted by Crippen LogP contribution is 2.24. The standard InChI is InChI=1S/C9H13N3O/c10-9-6-11-8(5-12-9)7-1-3-13-4-2-7/h5-7H,1-4H2,(H2,10,12). The van der Waals surface area contributed by atoms with Crippen molar-refractivity contribution in [2.75, 3.05) is 18.9 Å². The SMILES string of the molecule is Nc1cnc(C2CCOCC2)cn1. The van der Waals surface area contributed by atoms with Crippen LogP contribution in [0.15, 0.2) is 12.4 Å². The third kappa shape index (κ3) is 1.95. The van der Waals surface area contributed by atoms with Crippen molar-refractivity contribution in [2.24, 2.45) is 0 Å². The quantitative estimate of drug-likeness (QED) is 0.697. The zero-order valence-electron chi connectivity index (χ0n) is 7.44. The van der Waals surface area contributed by atoms with Crippen molar-refractivity contribution in [2.45, 2.75) is 18.8 Å². The molecule has 1 aliphatic rings. The van der Waals surface area contributed by atoms with Gasteiger partial charge in [-0.15, -0.1) is 0 Å². The van der Waals surface area contributed by atoms with Crippen molar-refractivity contribution in [1.82, 2.24) is 9.97 Å². The lowest BCUT2D eigenvalue weighted by Crippen LogP contribution is -2.15. The normalized spacial score (nSPS) is 18.8. The van der Waals surface area contributed by atoms with Crippen LogP contribution in [0.25, 0.3) is 0 Å². The zero-order chi connectivity index (χ0) is 9.10. The van der Waals surface area contributed by atoms with E-state index < -0.39 is 0 Å². The number of hydrogen-bond acceptors (Lipinski definition) is 4. The van der Waals surface area contributed by atoms with Gasteiger partial charge in [0.2, 0.25) is 0 Å². The lowest BCUT2D eigenvalue weighted by Gasteiger charge is -2.20. The summed E-state index contributed by atoms with van der Waals surface area (Å²) in [5.74, 6) is 0.984. The Kier molecular flexibility index (Phi) is 2.40. The number of nitrogens with zero attached hydrogens (tertiary/aromatic N) is 2. The topological polar surface area (TPSA) is 61.0 Å². The second-order valence-electron chi connectivity index (χ2n) is 3.25. The molecule has 0 aliphatic carbocycles. The number of ether oxygens (including phenoxy) is 1. The van der Waals surface area contributed by atoms with E-state index in [1.807, 2.05) is 0 Å². The Hall–Kier alpha value is -1.16. The molecule has 2 heterocycles. The monoisotopic (exact) mass is 179 g/mol. The van der Waals surface area contributed by atoms with Crippen LogP contribution in [0.4, 0.5) is 5.82 Å². The third-order valence-corrected chi connectivity index (χ3v) is 2.33. The van der Waals surface area contributed by atoms with Gasteiger partial charge in [0.25, 0.3) is 0 Å². The minimum atomic E-state index is 0.482. The minimum absolute atomic E-state index is 0.482. The first-order valence-electron chi connectivity index (χ1n) is 4.51. The Labute approximate surface area is 77.1 Å². The molecule has 2 rings (SSSR count). The molecule has 70 valence electrons. The van der Waals surface area contributed by atoms with Crippen LogP contribution in [0.1, 0.15) is 24.5 Å². The Morgan fingerprint density at radius 2 is 2.00 bits per heavy atom. The number of rotatable bonds is 1. The molecule has 1 aliphatic heterocycles. The number of nitrogens with two attached hydrogens (primary N) is 1. The molecule has 0 bridgehead atoms. The van der Waals surface area contributed by atoms with Gasteiger partial charge in [-0.2, -0.15) is 0 Å². The van der Waals surface area contributed by atoms with Crippen LogP contribution in [0.2, 0.25) is 0 Å². The van der Waals surface area contributed by atoms with Gasteiger partial charge in [-0.25, -0.2) is 4.98 Å². The molecule has 2 N–H and O–H groups in total. The average Bonchev–Trinajstić information content (AvgIpc) is 2.20. The molecule has 0 saturated carbocycles. The average molecular weight is 179 g/mol. The molecule has 0 radical (unpaired) electrons. The molecule has 4 heteroatoms. The lowest BCUT2D eigenvalue weighted by atomic mass is 9.97. The van der Waals surface area contributed by atoms with E-state index >= 15 is 0 Å². The predicted octanol–water partition coefficient (Wildman–Crippen LogP) is 0.953. The van der Waals surface area contributed by atoms with E-state index in [9.17, 15) is 0 Å². The van der Waals surface area contributed by atoms with Crippen LogP contribution in [-0.4, -0.2) is 23.2 Å². The van der Waals surface area contributed by atoms with Crippen LogP contribution in [-0.2, 0) is 4.74 Å². The summed E-state index contributed by atoms with van der Waals surface area (Å²) in [6, 6.07) is 0. The number of hydrogen-bond donors (Lipinski definition) is 1. The Morgan fingerprint density at radius 1 is 1.23 bits per heavy atom. The maximum atomic E-state index is 5.46. The summed E-state index contributed by atoms with van der Waals surface area (Å²) in [5.41, 5.74) is 6.50. The summed E-state index contributed by atoms with van der Waals surface area (Å²) in [6.45, 7) is 1.66. The second-order valence-corrected chi connectivity index (χ2v) is 3.25. The Morgan fingerprint density at radius 3 is 2.62 bits per heavy atom. The summed E-state index contributed by atoms with van der Waals surface area (Å²) in [5, 5.41) is 0. The second kappa shape index (κ2) is 3.70. The van der Waals surface area contributed by atoms with Crippen molar-refractivity contribution in [3.63, 3.8) is 0 Å². The Bertz CT molecular complexity index is 267. The van der Waals surface area contributed by atoms with Gasteiger partial charge in [-0.3, -0.25) is 4.98 Å². The van der Waals surface area contributed by atoms with Gasteiger partial charge in [-0.1, -0.05) is 0 Å². The smallest absolute Gasteiger partial charge is 0.141 e. The fraction of sp³-hybridized carbons (Fsp3) is 0.556. The van der Waals surface area contributed by atoms with Gasteiger partial charge in [0.05, 0.1) is 18.1 Å². The van der Waals surface area contributed by atoms with E-state index in [4.69, 9.17) is 10.5 Å². The molecule has 1 saturated heterocycles. The van der Waals surface area contributed by atoms with Crippen LogP contribution in [0.5, 0.6) is 0 Å². The molecular weight excluding hydrogens is 166 g/mol. The van der Waals surface area contributed by atoms with E-state index in [1.54, 1.807) is 12.4 Å². The molecular formula is C9H13N3O. The fourth-order valence-corrected chi connectivity index (χ4v) is 1.55. The van der Waals surface area contributed by atoms with Gasteiger partial charge in [-0.05, 0) is 12.8 Å². The number of nitrogen functional groups attached to an aromatic ring is 1. The molecule has 0 amide bonds. The molecule has 1 aromatic rings. The van der Waals surface area contributed by atoms with Crippen LogP contribution in [0, 0.1) is 0 Å². The van der Waals surface area contributed by atoms with Gasteiger partial charge >= 0.3 is 0 Å². The van der Waals surface area contributed by atoms with Crippen molar-refractivity contribution >= 4 is 5.82 Å². The molecule has 13 heavy (non-hydrogen) atoms. The molecule has 4 nitrogen and oxygen atoms in total. The van der Waals surface area contributed by atoms with Gasteiger partial charge < -0.3 is 10.5 Å². The molecule has 1 fully saturated rings. The van der Waals surface area contributed by atoms with Crippen molar-refractivity contribution in [3.05, 3.63) is 18.1 Å². The molecule has 1 aromatic heterocycles. The van der Waals surface area contributed by atoms with Crippen LogP contribution in [0.3, 0.4) is 0 Å². The highest BCUT2D eigenvalue weighted by Gasteiger charge is 2.16. The lowest BCUT2D eigenvalue weighted by molar-refractivity contribution is 0.0844. The molecule has 0 aromatic carbocycles. The van der Waals surface area contributed by atoms with Crippen molar-refractivity contribution in [1.29, 1.82) is 0 Å². The first-order chi connectivity index (χ1) is 6.36. The maximum Gasteiger partial charge on any atom is 0.141 e. The maximum absolute atomic E-state index is 5.46. The highest BCUT2D eigenvalue weighted by atomic mass is 16.5. The predicted molar refractivity (Wildman–Crippen MR) is 49.2 cm³/mol. The van der Waals surface area contributed by atoms with E-state index in [-0.39, 0.29) is 0 Å². The minimum Gasteiger partial charge on any atom is -0.382 e. The zero-order valence-corrected chi connectivity index (χ0v) is 7.44. The van der Waals surface area contributed by atoms with Gasteiger partial charge in [0.1, 0.15) is 5.82 Å². The first kappa shape index (κ1) is 8.44. The number of anilines is 1. The van der Waals surface area contributed by atoms with Crippen LogP contribution < -0.4 is 5.73 Å². The van der Waals surface area contributed by atoms with E-state index in [2.05, 4.69) is 9.97 Å². The molecule has 0 spiro atoms. The third-order valence-electron chi connectivity index (χ3n) is 2.33. The summed E-state index contributed by atoms with van der Waals surface area (Å²) < 4.78 is 5.27. The summed E-state index contributed by atoms with van der Waals surface area (Å²) >= 11 is 0. The van der Waals surface area contributed by atoms with Gasteiger partial charge in [0.15, 0.2) is 0 Å². The summed E-state index contributed by atoms with van der Waals surface area (Å²) in [4.78, 5) is 8.29. The van der Waals surface area contributed by atoms with Gasteiger partial charge in [0, 0.05) is 19.1 Å². The fourth-order valence-electron chi connectivity index (χ4n) is 1.55. The van der Waals surface area contributed by atoms with Crippen molar-refractivity contribution < 1.29 is 4.74 Å². The van der Waals surface area contributed by atoms with Crippen LogP contribution >= 0.6 is 0 Å². The first-order valence-corrected chi connectivity index (χ1v) is 4.51. The van der Waals surface area contributed by atoms with Crippen molar-refractivity contribution in [3.8, 4) is 0 Å². The van der Waals surface area contributed by atoms with E-state index in [0.29, 0.717) is 11.7 Å². The largest absolute Gasteiger partial charge is 0.382 e. The Balaban J connectivity index is 2.10. The van der Waals surface area contributed by atoms with E-state index in [0.717, 1.165) is 31.7 Å². The molecule has 0 unspecified atom stereocenters. The highest BCUT2D eigenvalue weighted by molar-refractivity contribution is 5.23. The number of aromatic nitrogens is 2. The van der Waals surface area contributed by atoms with E-state index in [1.165, 1.54) is 0 Å².